The van der Waals surface area contributed by atoms with Crippen LogP contribution in [0.15, 0.2) is 72.4 Å². The number of hydrogen-bond acceptors (Lipinski definition) is 5. The van der Waals surface area contributed by atoms with Gasteiger partial charge in [-0.05, 0) is 74.0 Å². The van der Waals surface area contributed by atoms with Gasteiger partial charge in [-0.1, -0.05) is 31.9 Å². The van der Waals surface area contributed by atoms with Gasteiger partial charge in [0.2, 0.25) is 0 Å². The molecule has 44 heavy (non-hydrogen) atoms. The SMILES string of the molecule is Cc1oc2ccc(Br)cc2c1C(=O)O.Cc1oc2ccc(Br)cc2c1NC(=O)OCc1cc(C(F)(F)F)cc(C(F)(F)F)c1. The molecule has 15 heteroatoms. The van der Waals surface area contributed by atoms with Crippen LogP contribution in [0.2, 0.25) is 0 Å². The van der Waals surface area contributed by atoms with Crippen molar-refractivity contribution in [1.29, 1.82) is 0 Å². The van der Waals surface area contributed by atoms with Gasteiger partial charge in [0.05, 0.1) is 16.8 Å². The Kier molecular flexibility index (Phi) is 9.40. The minimum atomic E-state index is -4.99. The van der Waals surface area contributed by atoms with E-state index in [-0.39, 0.29) is 17.3 Å². The first kappa shape index (κ1) is 32.9. The first-order chi connectivity index (χ1) is 20.4. The highest BCUT2D eigenvalue weighted by Gasteiger charge is 2.37. The summed E-state index contributed by atoms with van der Waals surface area (Å²) >= 11 is 6.57. The van der Waals surface area contributed by atoms with Crippen LogP contribution >= 0.6 is 31.9 Å². The number of carboxylic acids is 1. The highest BCUT2D eigenvalue weighted by Crippen LogP contribution is 2.37. The van der Waals surface area contributed by atoms with Gasteiger partial charge in [-0.25, -0.2) is 9.59 Å². The number of halogens is 8. The van der Waals surface area contributed by atoms with E-state index in [0.717, 1.165) is 4.47 Å². The number of benzene rings is 3. The zero-order valence-electron chi connectivity index (χ0n) is 22.4. The maximum Gasteiger partial charge on any atom is 0.416 e. The van der Waals surface area contributed by atoms with Crippen molar-refractivity contribution < 1.29 is 54.6 Å². The lowest BCUT2D eigenvalue weighted by Gasteiger charge is -2.14. The molecule has 5 aromatic rings. The van der Waals surface area contributed by atoms with Gasteiger partial charge in [0.15, 0.2) is 0 Å². The molecular weight excluding hydrogens is 732 g/mol. The molecule has 1 amide bonds. The van der Waals surface area contributed by atoms with Gasteiger partial charge in [0.1, 0.15) is 34.9 Å². The molecule has 0 radical (unpaired) electrons. The van der Waals surface area contributed by atoms with Crippen molar-refractivity contribution in [3.8, 4) is 0 Å². The van der Waals surface area contributed by atoms with E-state index in [1.54, 1.807) is 44.2 Å². The number of carbonyl (C=O) groups excluding carboxylic acids is 1. The van der Waals surface area contributed by atoms with E-state index in [4.69, 9.17) is 18.7 Å². The minimum Gasteiger partial charge on any atom is -0.478 e. The number of anilines is 1. The number of hydrogen-bond donors (Lipinski definition) is 2. The maximum atomic E-state index is 12.9. The van der Waals surface area contributed by atoms with E-state index >= 15 is 0 Å². The van der Waals surface area contributed by atoms with Crippen molar-refractivity contribution in [2.75, 3.05) is 5.32 Å². The first-order valence-electron chi connectivity index (χ1n) is 12.3. The number of fused-ring (bicyclic) bond motifs is 2. The van der Waals surface area contributed by atoms with Crippen LogP contribution in [0.5, 0.6) is 0 Å². The molecule has 7 nitrogen and oxygen atoms in total. The third-order valence-corrected chi connectivity index (χ3v) is 7.10. The Balaban J connectivity index is 0.000000262. The summed E-state index contributed by atoms with van der Waals surface area (Å²) in [7, 11) is 0. The number of carboxylic acid groups (broad SMARTS) is 1. The van der Waals surface area contributed by atoms with E-state index in [9.17, 15) is 35.9 Å². The second-order valence-corrected chi connectivity index (χ2v) is 11.1. The molecule has 0 aliphatic rings. The van der Waals surface area contributed by atoms with Crippen LogP contribution in [0.3, 0.4) is 0 Å². The molecule has 0 aliphatic carbocycles. The maximum absolute atomic E-state index is 12.9. The molecule has 232 valence electrons. The highest BCUT2D eigenvalue weighted by molar-refractivity contribution is 9.10. The Bertz CT molecular complexity index is 1840. The Hall–Kier alpha value is -3.98. The molecule has 0 unspecified atom stereocenters. The third-order valence-electron chi connectivity index (χ3n) is 6.11. The van der Waals surface area contributed by atoms with Gasteiger partial charge < -0.3 is 18.7 Å². The first-order valence-corrected chi connectivity index (χ1v) is 13.9. The van der Waals surface area contributed by atoms with Crippen molar-refractivity contribution >= 4 is 71.5 Å². The Labute approximate surface area is 261 Å². The van der Waals surface area contributed by atoms with Crippen LogP contribution in [0.1, 0.15) is 38.6 Å². The predicted octanol–water partition coefficient (Wildman–Crippen LogP) is 10.5. The number of alkyl halides is 6. The van der Waals surface area contributed by atoms with Crippen molar-refractivity contribution in [2.45, 2.75) is 32.8 Å². The molecule has 0 saturated carbocycles. The topological polar surface area (TPSA) is 102 Å². The number of aryl methyl sites for hydroxylation is 2. The standard InChI is InChI=1S/C19H12BrF6NO3.C10H7BrO3/c1-9-16(14-7-13(20)2-3-15(14)30-9)27-17(28)29-8-10-4-11(18(21,22)23)6-12(5-10)19(24,25)26;1-5-9(10(12)13)7-4-6(11)2-3-8(7)14-5/h2-7H,8H2,1H3,(H,27,28);2-4H,1H3,(H,12,13). The second-order valence-electron chi connectivity index (χ2n) is 9.27. The number of nitrogens with one attached hydrogen (secondary N) is 1. The molecule has 0 spiro atoms. The van der Waals surface area contributed by atoms with E-state index in [0.29, 0.717) is 50.1 Å². The van der Waals surface area contributed by atoms with E-state index < -0.39 is 47.7 Å². The molecule has 0 aliphatic heterocycles. The minimum absolute atomic E-state index is 0.00238. The second kappa shape index (κ2) is 12.6. The Morgan fingerprint density at radius 3 is 1.82 bits per heavy atom. The van der Waals surface area contributed by atoms with Crippen LogP contribution in [0, 0.1) is 13.8 Å². The van der Waals surface area contributed by atoms with Gasteiger partial charge >= 0.3 is 24.4 Å². The van der Waals surface area contributed by atoms with Gasteiger partial charge in [0, 0.05) is 19.7 Å². The van der Waals surface area contributed by atoms with E-state index in [1.165, 1.54) is 0 Å². The van der Waals surface area contributed by atoms with Crippen molar-refractivity contribution in [1.82, 2.24) is 0 Å². The van der Waals surface area contributed by atoms with Crippen LogP contribution in [-0.4, -0.2) is 17.2 Å². The molecule has 2 N–H and O–H groups in total. The highest BCUT2D eigenvalue weighted by atomic mass is 79.9. The fraction of sp³-hybridized carbons (Fsp3) is 0.172. The van der Waals surface area contributed by atoms with Crippen molar-refractivity contribution in [3.63, 3.8) is 0 Å². The van der Waals surface area contributed by atoms with Crippen LogP contribution in [0.4, 0.5) is 36.8 Å². The van der Waals surface area contributed by atoms with Crippen molar-refractivity contribution in [3.05, 3.63) is 97.3 Å². The fourth-order valence-corrected chi connectivity index (χ4v) is 4.92. The van der Waals surface area contributed by atoms with Crippen LogP contribution < -0.4 is 5.32 Å². The Morgan fingerprint density at radius 2 is 1.30 bits per heavy atom. The molecule has 5 rings (SSSR count). The van der Waals surface area contributed by atoms with E-state index in [2.05, 4.69) is 37.2 Å². The number of rotatable bonds is 4. The van der Waals surface area contributed by atoms with Gasteiger partial charge in [-0.15, -0.1) is 0 Å². The summed E-state index contributed by atoms with van der Waals surface area (Å²) in [6.07, 6.45) is -11.0. The molecular formula is C29H19Br2F6NO6. The third kappa shape index (κ3) is 7.56. The molecule has 0 atom stereocenters. The summed E-state index contributed by atoms with van der Waals surface area (Å²) in [5.74, 6) is -0.177. The van der Waals surface area contributed by atoms with Crippen LogP contribution in [0.25, 0.3) is 21.9 Å². The molecule has 0 bridgehead atoms. The number of amides is 1. The average molecular weight is 751 g/mol. The zero-order valence-corrected chi connectivity index (χ0v) is 25.6. The number of furan rings is 2. The average Bonchev–Trinajstić information content (AvgIpc) is 3.41. The summed E-state index contributed by atoms with van der Waals surface area (Å²) in [6, 6.07) is 11.4. The molecule has 2 heterocycles. The molecule has 3 aromatic carbocycles. The number of aromatic carboxylic acids is 1. The quantitative estimate of drug-likeness (QED) is 0.177. The number of carbonyl (C=O) groups is 2. The predicted molar refractivity (Wildman–Crippen MR) is 155 cm³/mol. The monoisotopic (exact) mass is 749 g/mol. The molecule has 0 saturated heterocycles. The lowest BCUT2D eigenvalue weighted by atomic mass is 10.1. The summed E-state index contributed by atoms with van der Waals surface area (Å²) in [5, 5.41) is 12.5. The number of ether oxygens (including phenoxy) is 1. The van der Waals surface area contributed by atoms with Crippen LogP contribution in [-0.2, 0) is 23.7 Å². The molecule has 0 fully saturated rings. The lowest BCUT2D eigenvalue weighted by Crippen LogP contribution is -2.15. The van der Waals surface area contributed by atoms with Gasteiger partial charge in [-0.2, -0.15) is 26.3 Å². The van der Waals surface area contributed by atoms with Gasteiger partial charge in [-0.3, -0.25) is 5.32 Å². The van der Waals surface area contributed by atoms with E-state index in [1.807, 2.05) is 6.07 Å². The summed E-state index contributed by atoms with van der Waals surface area (Å²) in [4.78, 5) is 23.0. The van der Waals surface area contributed by atoms with Gasteiger partial charge in [0.25, 0.3) is 0 Å². The zero-order chi connectivity index (χ0) is 32.6. The smallest absolute Gasteiger partial charge is 0.416 e. The van der Waals surface area contributed by atoms with Crippen molar-refractivity contribution in [2.24, 2.45) is 0 Å². The normalized spacial score (nSPS) is 11.8. The lowest BCUT2D eigenvalue weighted by molar-refractivity contribution is -0.143. The fourth-order valence-electron chi connectivity index (χ4n) is 4.20. The largest absolute Gasteiger partial charge is 0.478 e. The summed E-state index contributed by atoms with van der Waals surface area (Å²) in [5.41, 5.74) is -1.85. The summed E-state index contributed by atoms with van der Waals surface area (Å²) < 4.78 is 94.6. The molecule has 2 aromatic heterocycles. The summed E-state index contributed by atoms with van der Waals surface area (Å²) in [6.45, 7) is 2.43. The Morgan fingerprint density at radius 1 is 0.795 bits per heavy atom.